The van der Waals surface area contributed by atoms with Crippen molar-refractivity contribution in [3.8, 4) is 0 Å². The number of amides is 1. The summed E-state index contributed by atoms with van der Waals surface area (Å²) in [6.45, 7) is 4.19. The van der Waals surface area contributed by atoms with Gasteiger partial charge in [-0.2, -0.15) is 0 Å². The normalized spacial score (nSPS) is 13.1. The number of nitrogens with zero attached hydrogens (tertiary/aromatic N) is 1. The highest BCUT2D eigenvalue weighted by Gasteiger charge is 2.23. The number of rotatable bonds is 8. The highest BCUT2D eigenvalue weighted by molar-refractivity contribution is 5.86. The molecule has 0 fully saturated rings. The molecule has 3 aromatic carbocycles. The summed E-state index contributed by atoms with van der Waals surface area (Å²) in [7, 11) is 2.07. The number of hydrogen-bond acceptors (Lipinski definition) is 1. The largest absolute Gasteiger partial charge is 0.354 e. The minimum absolute atomic E-state index is 0.0167. The lowest BCUT2D eigenvalue weighted by Crippen LogP contribution is -2.33. The summed E-state index contributed by atoms with van der Waals surface area (Å²) in [5.74, 6) is 0.118. The summed E-state index contributed by atoms with van der Waals surface area (Å²) >= 11 is 0. The molecule has 0 unspecified atom stereocenters. The van der Waals surface area contributed by atoms with Gasteiger partial charge in [-0.25, -0.2) is 0 Å². The first-order valence-corrected chi connectivity index (χ1v) is 11.4. The Kier molecular flexibility index (Phi) is 6.75. The third-order valence-electron chi connectivity index (χ3n) is 6.29. The zero-order valence-electron chi connectivity index (χ0n) is 19.2. The van der Waals surface area contributed by atoms with Crippen molar-refractivity contribution in [2.24, 2.45) is 7.05 Å². The van der Waals surface area contributed by atoms with Crippen molar-refractivity contribution in [2.75, 3.05) is 0 Å². The first-order valence-electron chi connectivity index (χ1n) is 11.4. The van der Waals surface area contributed by atoms with Gasteiger partial charge in [-0.15, -0.1) is 0 Å². The van der Waals surface area contributed by atoms with E-state index in [1.54, 1.807) is 0 Å². The maximum absolute atomic E-state index is 13.1. The van der Waals surface area contributed by atoms with E-state index >= 15 is 0 Å². The summed E-state index contributed by atoms with van der Waals surface area (Å²) in [5, 5.41) is 4.45. The molecule has 32 heavy (non-hydrogen) atoms. The molecule has 0 saturated heterocycles. The summed E-state index contributed by atoms with van der Waals surface area (Å²) in [5.41, 5.74) is 6.11. The Morgan fingerprint density at radius 3 is 2.38 bits per heavy atom. The molecular weight excluding hydrogens is 392 g/mol. The van der Waals surface area contributed by atoms with E-state index < -0.39 is 0 Å². The van der Waals surface area contributed by atoms with Crippen LogP contribution in [0.5, 0.6) is 0 Å². The number of para-hydroxylation sites is 1. The molecule has 4 rings (SSSR count). The van der Waals surface area contributed by atoms with Crippen LogP contribution >= 0.6 is 0 Å². The maximum atomic E-state index is 13.1. The van der Waals surface area contributed by atoms with Crippen molar-refractivity contribution in [1.29, 1.82) is 0 Å². The van der Waals surface area contributed by atoms with Crippen LogP contribution in [-0.2, 0) is 18.3 Å². The van der Waals surface area contributed by atoms with Crippen molar-refractivity contribution in [3.63, 3.8) is 0 Å². The van der Waals surface area contributed by atoms with Crippen molar-refractivity contribution in [3.05, 3.63) is 107 Å². The van der Waals surface area contributed by atoms with E-state index in [9.17, 15) is 4.79 Å². The van der Waals surface area contributed by atoms with Crippen LogP contribution in [0.4, 0.5) is 0 Å². The smallest absolute Gasteiger partial charge is 0.221 e. The Bertz CT molecular complexity index is 1170. The second-order valence-electron chi connectivity index (χ2n) is 8.87. The predicted molar refractivity (Wildman–Crippen MR) is 133 cm³/mol. The zero-order valence-corrected chi connectivity index (χ0v) is 19.2. The highest BCUT2D eigenvalue weighted by Crippen LogP contribution is 2.34. The van der Waals surface area contributed by atoms with Crippen molar-refractivity contribution in [1.82, 2.24) is 9.88 Å². The number of hydrogen-bond donors (Lipinski definition) is 1. The molecular formula is C29H32N2O. The van der Waals surface area contributed by atoms with Crippen molar-refractivity contribution >= 4 is 16.8 Å². The van der Waals surface area contributed by atoms with Gasteiger partial charge in [0, 0.05) is 42.5 Å². The molecule has 1 aromatic heterocycles. The van der Waals surface area contributed by atoms with Gasteiger partial charge in [0.05, 0.1) is 0 Å². The van der Waals surface area contributed by atoms with E-state index in [-0.39, 0.29) is 17.9 Å². The zero-order chi connectivity index (χ0) is 22.5. The van der Waals surface area contributed by atoms with Gasteiger partial charge in [-0.05, 0) is 49.4 Å². The molecule has 0 aliphatic rings. The second kappa shape index (κ2) is 9.86. The average molecular weight is 425 g/mol. The fraction of sp³-hybridized carbons (Fsp3) is 0.276. The molecule has 1 amide bonds. The molecule has 1 N–H and O–H groups in total. The fourth-order valence-electron chi connectivity index (χ4n) is 4.48. The number of carbonyl (C=O) groups excluding carboxylic acids is 1. The molecule has 0 aliphatic heterocycles. The van der Waals surface area contributed by atoms with Crippen LogP contribution in [0.1, 0.15) is 47.9 Å². The van der Waals surface area contributed by atoms with Gasteiger partial charge in [-0.1, -0.05) is 78.4 Å². The third-order valence-corrected chi connectivity index (χ3v) is 6.29. The Morgan fingerprint density at radius 2 is 1.62 bits per heavy atom. The predicted octanol–water partition coefficient (Wildman–Crippen LogP) is 6.15. The molecule has 0 spiro atoms. The minimum atomic E-state index is 0.0167. The topological polar surface area (TPSA) is 34.0 Å². The standard InChI is InChI=1S/C29H32N2O/c1-21-13-17-24(18-14-21)26(27-20-31(3)28-12-8-7-11-25(27)28)19-29(32)30-22(2)15-16-23-9-5-4-6-10-23/h4-14,17-18,20,22,26H,15-16,19H2,1-3H3,(H,30,32)/t22-,26-/m0/s1. The van der Waals surface area contributed by atoms with Gasteiger partial charge in [0.25, 0.3) is 0 Å². The average Bonchev–Trinajstić information content (AvgIpc) is 3.14. The Morgan fingerprint density at radius 1 is 0.938 bits per heavy atom. The van der Waals surface area contributed by atoms with Gasteiger partial charge >= 0.3 is 0 Å². The van der Waals surface area contributed by atoms with Gasteiger partial charge in [-0.3, -0.25) is 4.79 Å². The number of nitrogens with one attached hydrogen (secondary N) is 1. The Hall–Kier alpha value is -3.33. The molecule has 3 nitrogen and oxygen atoms in total. The summed E-state index contributed by atoms with van der Waals surface area (Å²) < 4.78 is 2.16. The van der Waals surface area contributed by atoms with Crippen LogP contribution in [0, 0.1) is 6.92 Å². The maximum Gasteiger partial charge on any atom is 0.221 e. The first kappa shape index (κ1) is 21.9. The third kappa shape index (κ3) is 5.11. The molecule has 0 bridgehead atoms. The quantitative estimate of drug-likeness (QED) is 0.362. The molecule has 3 heteroatoms. The van der Waals surface area contributed by atoms with Crippen molar-refractivity contribution in [2.45, 2.75) is 45.1 Å². The fourth-order valence-corrected chi connectivity index (χ4v) is 4.48. The van der Waals surface area contributed by atoms with Gasteiger partial charge in [0.1, 0.15) is 0 Å². The van der Waals surface area contributed by atoms with Crippen LogP contribution in [0.25, 0.3) is 10.9 Å². The summed E-state index contributed by atoms with van der Waals surface area (Å²) in [6.07, 6.45) is 4.51. The van der Waals surface area contributed by atoms with E-state index in [1.807, 2.05) is 6.07 Å². The first-order chi connectivity index (χ1) is 15.5. The molecule has 2 atom stereocenters. The lowest BCUT2D eigenvalue weighted by atomic mass is 9.87. The monoisotopic (exact) mass is 424 g/mol. The number of carbonyl (C=O) groups is 1. The Labute approximate surface area is 191 Å². The molecule has 4 aromatic rings. The van der Waals surface area contributed by atoms with E-state index in [0.29, 0.717) is 6.42 Å². The van der Waals surface area contributed by atoms with Crippen LogP contribution in [-0.4, -0.2) is 16.5 Å². The Balaban J connectivity index is 1.53. The molecule has 0 aliphatic carbocycles. The molecule has 0 saturated carbocycles. The lowest BCUT2D eigenvalue weighted by Gasteiger charge is -2.20. The number of aromatic nitrogens is 1. The van der Waals surface area contributed by atoms with E-state index in [0.717, 1.165) is 12.8 Å². The number of fused-ring (bicyclic) bond motifs is 1. The summed E-state index contributed by atoms with van der Waals surface area (Å²) in [4.78, 5) is 13.1. The summed E-state index contributed by atoms with van der Waals surface area (Å²) in [6, 6.07) is 27.6. The van der Waals surface area contributed by atoms with E-state index in [1.165, 1.54) is 33.2 Å². The van der Waals surface area contributed by atoms with Gasteiger partial charge in [0.2, 0.25) is 5.91 Å². The highest BCUT2D eigenvalue weighted by atomic mass is 16.1. The van der Waals surface area contributed by atoms with Gasteiger partial charge in [0.15, 0.2) is 0 Å². The van der Waals surface area contributed by atoms with Crippen LogP contribution in [0.2, 0.25) is 0 Å². The molecule has 1 heterocycles. The minimum Gasteiger partial charge on any atom is -0.354 e. The lowest BCUT2D eigenvalue weighted by molar-refractivity contribution is -0.121. The number of aryl methyl sites for hydroxylation is 3. The molecule has 164 valence electrons. The van der Waals surface area contributed by atoms with Crippen molar-refractivity contribution < 1.29 is 4.79 Å². The number of benzene rings is 3. The second-order valence-corrected chi connectivity index (χ2v) is 8.87. The van der Waals surface area contributed by atoms with E-state index in [4.69, 9.17) is 0 Å². The molecule has 0 radical (unpaired) electrons. The van der Waals surface area contributed by atoms with Crippen LogP contribution in [0.3, 0.4) is 0 Å². The van der Waals surface area contributed by atoms with Crippen LogP contribution < -0.4 is 5.32 Å². The SMILES string of the molecule is Cc1ccc([C@H](CC(=O)N[C@@H](C)CCc2ccccc2)c2cn(C)c3ccccc23)cc1. The van der Waals surface area contributed by atoms with Crippen LogP contribution in [0.15, 0.2) is 85.1 Å². The van der Waals surface area contributed by atoms with E-state index in [2.05, 4.69) is 110 Å². The van der Waals surface area contributed by atoms with Gasteiger partial charge < -0.3 is 9.88 Å².